The Morgan fingerprint density at radius 1 is 1.04 bits per heavy atom. The van der Waals surface area contributed by atoms with E-state index in [0.29, 0.717) is 12.0 Å². The van der Waals surface area contributed by atoms with Crippen LogP contribution in [0, 0.1) is 6.92 Å². The molecule has 0 amide bonds. The monoisotopic (exact) mass is 363 g/mol. The van der Waals surface area contributed by atoms with Crippen molar-refractivity contribution in [2.45, 2.75) is 44.0 Å². The summed E-state index contributed by atoms with van der Waals surface area (Å²) in [5.41, 5.74) is 2.50. The van der Waals surface area contributed by atoms with E-state index in [1.165, 1.54) is 0 Å². The van der Waals surface area contributed by atoms with E-state index >= 15 is 0 Å². The predicted molar refractivity (Wildman–Crippen MR) is 95.9 cm³/mol. The summed E-state index contributed by atoms with van der Waals surface area (Å²) in [5, 5.41) is 12.6. The Kier molecular flexibility index (Phi) is 6.62. The van der Waals surface area contributed by atoms with Crippen LogP contribution in [-0.4, -0.2) is 12.7 Å². The van der Waals surface area contributed by atoms with E-state index in [2.05, 4.69) is 6.92 Å². The number of rotatable bonds is 6. The minimum Gasteiger partial charge on any atom is -0.859 e. The van der Waals surface area contributed by atoms with E-state index in [1.54, 1.807) is 24.3 Å². The zero-order valence-corrected chi connectivity index (χ0v) is 16.3. The van der Waals surface area contributed by atoms with Crippen LogP contribution >= 0.6 is 0 Å². The summed E-state index contributed by atoms with van der Waals surface area (Å²) in [6.07, 6.45) is 2.47. The maximum atomic E-state index is 13.0. The molecule has 0 saturated carbocycles. The Morgan fingerprint density at radius 2 is 1.65 bits per heavy atom. The molecule has 2 aromatic rings. The van der Waals surface area contributed by atoms with Crippen LogP contribution in [0.4, 0.5) is 0 Å². The molecule has 0 spiro atoms. The van der Waals surface area contributed by atoms with Crippen molar-refractivity contribution in [3.63, 3.8) is 0 Å². The minimum atomic E-state index is -3.86. The van der Waals surface area contributed by atoms with Gasteiger partial charge in [0.05, 0.1) is 10.9 Å². The molecule has 0 bridgehead atoms. The summed E-state index contributed by atoms with van der Waals surface area (Å²) in [7, 11) is -3.86. The van der Waals surface area contributed by atoms with Crippen LogP contribution in [0.5, 0.6) is 0 Å². The predicted octanol–water partition coefficient (Wildman–Crippen LogP) is 0.507. The Bertz CT molecular complexity index is 877. The average molecular weight is 363 g/mol. The van der Waals surface area contributed by atoms with Crippen molar-refractivity contribution < 1.29 is 32.4 Å². The minimum absolute atomic E-state index is 0. The molecule has 1 aliphatic rings. The fourth-order valence-electron chi connectivity index (χ4n) is 3.11. The van der Waals surface area contributed by atoms with Gasteiger partial charge in [-0.2, -0.15) is 0 Å². The molecule has 1 heterocycles. The first-order chi connectivity index (χ1) is 12.0. The number of unbranched alkanes of at least 4 members (excludes halogenated alkanes) is 1. The number of aryl methyl sites for hydroxylation is 1. The Morgan fingerprint density at radius 3 is 2.23 bits per heavy atom. The molecule has 1 atom stereocenters. The molecule has 2 aromatic carbocycles. The third kappa shape index (κ3) is 3.71. The molecule has 4 nitrogen and oxygen atoms in total. The van der Waals surface area contributed by atoms with Gasteiger partial charge in [-0.1, -0.05) is 61.4 Å². The molecule has 0 aromatic heterocycles. The summed E-state index contributed by atoms with van der Waals surface area (Å²) >= 11 is 0. The first-order valence-electron chi connectivity index (χ1n) is 8.53. The van der Waals surface area contributed by atoms with Crippen molar-refractivity contribution >= 4 is 10.0 Å². The number of nitrogens with zero attached hydrogens (tertiary/aromatic N) is 1. The Labute approximate surface area is 167 Å². The van der Waals surface area contributed by atoms with Gasteiger partial charge in [-0.3, -0.25) is 4.31 Å². The normalized spacial score (nSPS) is 16.8. The third-order valence-corrected chi connectivity index (χ3v) is 6.29. The quantitative estimate of drug-likeness (QED) is 0.703. The average Bonchev–Trinajstić information content (AvgIpc) is 2.60. The number of hydrogen-bond donors (Lipinski definition) is 0. The molecule has 0 saturated heterocycles. The van der Waals surface area contributed by atoms with E-state index < -0.39 is 16.1 Å². The van der Waals surface area contributed by atoms with Gasteiger partial charge in [0.1, 0.15) is 0 Å². The molecule has 0 radical (unpaired) electrons. The second-order valence-corrected chi connectivity index (χ2v) is 8.18. The molecule has 1 aliphatic heterocycles. The van der Waals surface area contributed by atoms with Crippen molar-refractivity contribution in [1.29, 1.82) is 0 Å². The molecular formula is C20H22LiNO3S. The fourth-order valence-corrected chi connectivity index (χ4v) is 4.67. The van der Waals surface area contributed by atoms with Gasteiger partial charge in [-0.05, 0) is 48.9 Å². The Balaban J connectivity index is 0.00000243. The van der Waals surface area contributed by atoms with Gasteiger partial charge in [0.2, 0.25) is 0 Å². The van der Waals surface area contributed by atoms with Gasteiger partial charge in [0.15, 0.2) is 0 Å². The summed E-state index contributed by atoms with van der Waals surface area (Å²) in [4.78, 5) is 0.155. The maximum absolute atomic E-state index is 13.0. The van der Waals surface area contributed by atoms with E-state index in [1.807, 2.05) is 37.3 Å². The summed E-state index contributed by atoms with van der Waals surface area (Å²) in [5.74, 6) is -0.372. The van der Waals surface area contributed by atoms with Crippen LogP contribution in [0.3, 0.4) is 0 Å². The van der Waals surface area contributed by atoms with Gasteiger partial charge in [-0.25, -0.2) is 8.42 Å². The molecule has 1 unspecified atom stereocenters. The van der Waals surface area contributed by atoms with E-state index in [4.69, 9.17) is 0 Å². The molecule has 26 heavy (non-hydrogen) atoms. The molecule has 132 valence electrons. The summed E-state index contributed by atoms with van der Waals surface area (Å²) in [6.45, 7) is 3.95. The molecule has 0 aliphatic carbocycles. The maximum Gasteiger partial charge on any atom is 1.00 e. The van der Waals surface area contributed by atoms with Gasteiger partial charge in [0.25, 0.3) is 10.0 Å². The number of hydrogen-bond acceptors (Lipinski definition) is 3. The van der Waals surface area contributed by atoms with Crippen molar-refractivity contribution in [2.24, 2.45) is 0 Å². The topological polar surface area (TPSA) is 60.4 Å². The van der Waals surface area contributed by atoms with E-state index in [0.717, 1.165) is 28.3 Å². The smallest absolute Gasteiger partial charge is 0.859 e. The van der Waals surface area contributed by atoms with Crippen LogP contribution in [0.15, 0.2) is 70.9 Å². The van der Waals surface area contributed by atoms with Gasteiger partial charge >= 0.3 is 18.9 Å². The van der Waals surface area contributed by atoms with Crippen molar-refractivity contribution in [1.82, 2.24) is 4.31 Å². The molecule has 0 N–H and O–H groups in total. The zero-order valence-electron chi connectivity index (χ0n) is 15.5. The van der Waals surface area contributed by atoms with Crippen LogP contribution in [0.2, 0.25) is 0 Å². The standard InChI is InChI=1S/C20H23NO3S.Li/c1-3-4-10-18-19(16-8-6-5-7-9-16)21(20(18)22)25(23,24)17-13-11-15(2)12-14-17;/h5-9,11-14,19,22H,3-4,10H2,1-2H3;/q;+1/p-1. The van der Waals surface area contributed by atoms with Crippen LogP contribution in [-0.2, 0) is 10.0 Å². The van der Waals surface area contributed by atoms with Crippen LogP contribution < -0.4 is 24.0 Å². The molecule has 3 rings (SSSR count). The van der Waals surface area contributed by atoms with E-state index in [-0.39, 0.29) is 29.6 Å². The molecule has 0 fully saturated rings. The van der Waals surface area contributed by atoms with Crippen LogP contribution in [0.25, 0.3) is 0 Å². The van der Waals surface area contributed by atoms with Gasteiger partial charge in [0, 0.05) is 0 Å². The summed E-state index contributed by atoms with van der Waals surface area (Å²) < 4.78 is 27.1. The first-order valence-corrected chi connectivity index (χ1v) is 9.97. The zero-order chi connectivity index (χ0) is 18.0. The van der Waals surface area contributed by atoms with Gasteiger partial charge in [-0.15, -0.1) is 0 Å². The Hall–Kier alpha value is -1.67. The fraction of sp³-hybridized carbons (Fsp3) is 0.300. The van der Waals surface area contributed by atoms with Gasteiger partial charge < -0.3 is 5.11 Å². The first kappa shape index (κ1) is 20.6. The molecular weight excluding hydrogens is 341 g/mol. The van der Waals surface area contributed by atoms with Crippen molar-refractivity contribution in [3.05, 3.63) is 77.2 Å². The summed E-state index contributed by atoms with van der Waals surface area (Å²) in [6, 6.07) is 15.5. The van der Waals surface area contributed by atoms with Crippen molar-refractivity contribution in [3.8, 4) is 0 Å². The third-order valence-electron chi connectivity index (χ3n) is 4.53. The van der Waals surface area contributed by atoms with Crippen molar-refractivity contribution in [2.75, 3.05) is 0 Å². The second kappa shape index (κ2) is 8.35. The SMILES string of the molecule is CCCCC1=C([O-])N(S(=O)(=O)c2ccc(C)cc2)C1c1ccccc1.[Li+]. The second-order valence-electron chi connectivity index (χ2n) is 6.36. The number of benzene rings is 2. The largest absolute Gasteiger partial charge is 1.00 e. The van der Waals surface area contributed by atoms with E-state index in [9.17, 15) is 13.5 Å². The molecule has 6 heteroatoms. The number of sulfonamides is 1. The van der Waals surface area contributed by atoms with Crippen LogP contribution in [0.1, 0.15) is 43.4 Å².